The van der Waals surface area contributed by atoms with Crippen molar-refractivity contribution in [3.05, 3.63) is 65.7 Å². The Morgan fingerprint density at radius 1 is 1.10 bits per heavy atom. The van der Waals surface area contributed by atoms with Gasteiger partial charge in [-0.2, -0.15) is 0 Å². The summed E-state index contributed by atoms with van der Waals surface area (Å²) in [4.78, 5) is 4.42. The van der Waals surface area contributed by atoms with Crippen molar-refractivity contribution in [1.29, 1.82) is 0 Å². The molecule has 1 atom stereocenters. The molecule has 0 radical (unpaired) electrons. The fourth-order valence-corrected chi connectivity index (χ4v) is 2.44. The van der Waals surface area contributed by atoms with Crippen LogP contribution in [0.1, 0.15) is 17.0 Å². The van der Waals surface area contributed by atoms with E-state index in [0.29, 0.717) is 11.9 Å². The molecule has 4 heteroatoms. The predicted molar refractivity (Wildman–Crippen MR) is 94.9 cm³/mol. The number of rotatable bonds is 3. The average molecular weight is 379 g/mol. The van der Waals surface area contributed by atoms with Crippen molar-refractivity contribution in [2.24, 2.45) is 10.7 Å². The molecule has 1 aliphatic carbocycles. The molecule has 2 aromatic carbocycles. The Morgan fingerprint density at radius 2 is 1.80 bits per heavy atom. The lowest BCUT2D eigenvalue weighted by Crippen LogP contribution is -2.26. The third kappa shape index (κ3) is 3.30. The zero-order valence-corrected chi connectivity index (χ0v) is 13.5. The van der Waals surface area contributed by atoms with Gasteiger partial charge in [0.25, 0.3) is 0 Å². The molecule has 0 spiro atoms. The quantitative estimate of drug-likeness (QED) is 0.488. The molecule has 1 aliphatic rings. The molecule has 104 valence electrons. The number of fused-ring (bicyclic) bond motifs is 1. The molecular weight excluding hydrogens is 361 g/mol. The molecule has 0 aromatic heterocycles. The maximum absolute atomic E-state index is 5.89. The zero-order valence-electron chi connectivity index (χ0n) is 11.1. The summed E-state index contributed by atoms with van der Waals surface area (Å²) in [7, 11) is 0. The third-order valence-electron chi connectivity index (χ3n) is 3.49. The van der Waals surface area contributed by atoms with Gasteiger partial charge in [-0.25, -0.2) is 0 Å². The Labute approximate surface area is 136 Å². The van der Waals surface area contributed by atoms with E-state index in [0.717, 1.165) is 18.7 Å². The Balaban J connectivity index is 0.00000147. The Hall–Kier alpha value is -1.56. The molecule has 3 rings (SSSR count). The molecule has 0 bridgehead atoms. The van der Waals surface area contributed by atoms with Crippen molar-refractivity contribution in [3.8, 4) is 0 Å². The standard InChI is InChI=1S/C16H17N3.HI/c17-16(19-14-7-2-1-3-8-14)18-11-13-10-12-6-4-5-9-15(12)13;/h1-9,13H,10-11H2,(H3,17,18,19);1H. The predicted octanol–water partition coefficient (Wildman–Crippen LogP) is 3.37. The van der Waals surface area contributed by atoms with Gasteiger partial charge < -0.3 is 11.1 Å². The zero-order chi connectivity index (χ0) is 13.1. The van der Waals surface area contributed by atoms with Crippen molar-refractivity contribution < 1.29 is 0 Å². The van der Waals surface area contributed by atoms with Crippen molar-refractivity contribution in [2.75, 3.05) is 11.9 Å². The van der Waals surface area contributed by atoms with Gasteiger partial charge in [0.15, 0.2) is 5.96 Å². The number of benzene rings is 2. The van der Waals surface area contributed by atoms with Gasteiger partial charge in [-0.15, -0.1) is 24.0 Å². The van der Waals surface area contributed by atoms with Crippen LogP contribution < -0.4 is 11.1 Å². The van der Waals surface area contributed by atoms with Crippen LogP contribution >= 0.6 is 24.0 Å². The van der Waals surface area contributed by atoms with Crippen molar-refractivity contribution >= 4 is 35.6 Å². The van der Waals surface area contributed by atoms with Crippen LogP contribution in [0.4, 0.5) is 5.69 Å². The maximum Gasteiger partial charge on any atom is 0.193 e. The highest BCUT2D eigenvalue weighted by molar-refractivity contribution is 14.0. The van der Waals surface area contributed by atoms with Gasteiger partial charge in [0.1, 0.15) is 0 Å². The second kappa shape index (κ2) is 6.74. The minimum absolute atomic E-state index is 0. The van der Waals surface area contributed by atoms with Crippen LogP contribution in [0.2, 0.25) is 0 Å². The summed E-state index contributed by atoms with van der Waals surface area (Å²) in [5, 5.41) is 3.10. The molecule has 20 heavy (non-hydrogen) atoms. The number of halogens is 1. The molecule has 0 aliphatic heterocycles. The van der Waals surface area contributed by atoms with Crippen LogP contribution in [0.15, 0.2) is 59.6 Å². The molecule has 0 heterocycles. The number of nitrogens with one attached hydrogen (secondary N) is 1. The topological polar surface area (TPSA) is 50.4 Å². The number of aliphatic imine (C=N–C) groups is 1. The molecule has 0 amide bonds. The lowest BCUT2D eigenvalue weighted by molar-refractivity contribution is 0.619. The maximum atomic E-state index is 5.89. The van der Waals surface area contributed by atoms with Gasteiger partial charge in [-0.3, -0.25) is 4.99 Å². The SMILES string of the molecule is I.NC(=NCC1Cc2ccccc21)Nc1ccccc1. The lowest BCUT2D eigenvalue weighted by atomic mass is 9.78. The summed E-state index contributed by atoms with van der Waals surface area (Å²) in [5.41, 5.74) is 9.72. The van der Waals surface area contributed by atoms with Gasteiger partial charge in [-0.1, -0.05) is 42.5 Å². The van der Waals surface area contributed by atoms with Crippen molar-refractivity contribution in [3.63, 3.8) is 0 Å². The monoisotopic (exact) mass is 379 g/mol. The minimum Gasteiger partial charge on any atom is -0.370 e. The lowest BCUT2D eigenvalue weighted by Gasteiger charge is -2.28. The van der Waals surface area contributed by atoms with Crippen molar-refractivity contribution in [1.82, 2.24) is 0 Å². The van der Waals surface area contributed by atoms with Crippen LogP contribution in [-0.4, -0.2) is 12.5 Å². The summed E-state index contributed by atoms with van der Waals surface area (Å²) < 4.78 is 0. The number of hydrogen-bond acceptors (Lipinski definition) is 1. The molecule has 1 unspecified atom stereocenters. The molecule has 0 saturated heterocycles. The molecule has 0 saturated carbocycles. The largest absolute Gasteiger partial charge is 0.370 e. The first-order chi connectivity index (χ1) is 9.33. The van der Waals surface area contributed by atoms with E-state index in [-0.39, 0.29) is 24.0 Å². The average Bonchev–Trinajstić information content (AvgIpc) is 2.41. The smallest absolute Gasteiger partial charge is 0.193 e. The fourth-order valence-electron chi connectivity index (χ4n) is 2.44. The summed E-state index contributed by atoms with van der Waals surface area (Å²) in [6.45, 7) is 0.753. The summed E-state index contributed by atoms with van der Waals surface area (Å²) >= 11 is 0. The van der Waals surface area contributed by atoms with Gasteiger partial charge in [-0.05, 0) is 29.7 Å². The van der Waals surface area contributed by atoms with E-state index in [2.05, 4.69) is 34.6 Å². The van der Waals surface area contributed by atoms with Gasteiger partial charge in [0, 0.05) is 18.2 Å². The number of guanidine groups is 1. The van der Waals surface area contributed by atoms with Gasteiger partial charge in [0.2, 0.25) is 0 Å². The van der Waals surface area contributed by atoms with Crippen LogP contribution in [0.25, 0.3) is 0 Å². The van der Waals surface area contributed by atoms with E-state index in [9.17, 15) is 0 Å². The Morgan fingerprint density at radius 3 is 2.55 bits per heavy atom. The molecular formula is C16H18IN3. The van der Waals surface area contributed by atoms with E-state index in [1.807, 2.05) is 30.3 Å². The summed E-state index contributed by atoms with van der Waals surface area (Å²) in [6.07, 6.45) is 1.11. The van der Waals surface area contributed by atoms with Crippen molar-refractivity contribution in [2.45, 2.75) is 12.3 Å². The number of nitrogens with two attached hydrogens (primary N) is 1. The van der Waals surface area contributed by atoms with E-state index < -0.39 is 0 Å². The van der Waals surface area contributed by atoms with Crippen LogP contribution in [0.3, 0.4) is 0 Å². The van der Waals surface area contributed by atoms with Crippen LogP contribution in [0.5, 0.6) is 0 Å². The highest BCUT2D eigenvalue weighted by Gasteiger charge is 2.24. The molecule has 3 nitrogen and oxygen atoms in total. The van der Waals surface area contributed by atoms with E-state index in [4.69, 9.17) is 5.73 Å². The van der Waals surface area contributed by atoms with Gasteiger partial charge in [0.05, 0.1) is 0 Å². The number of anilines is 1. The summed E-state index contributed by atoms with van der Waals surface area (Å²) in [5.74, 6) is 1.00. The first-order valence-corrected chi connectivity index (χ1v) is 6.53. The van der Waals surface area contributed by atoms with E-state index in [1.165, 1.54) is 11.1 Å². The Kier molecular flexibility index (Phi) is 5.00. The third-order valence-corrected chi connectivity index (χ3v) is 3.49. The molecule has 3 N–H and O–H groups in total. The number of nitrogens with zero attached hydrogens (tertiary/aromatic N) is 1. The summed E-state index contributed by atoms with van der Waals surface area (Å²) in [6, 6.07) is 18.4. The second-order valence-electron chi connectivity index (χ2n) is 4.82. The van der Waals surface area contributed by atoms with Gasteiger partial charge >= 0.3 is 0 Å². The first kappa shape index (κ1) is 14.8. The fraction of sp³-hybridized carbons (Fsp3) is 0.188. The normalized spacial score (nSPS) is 16.6. The second-order valence-corrected chi connectivity index (χ2v) is 4.82. The van der Waals surface area contributed by atoms with E-state index in [1.54, 1.807) is 0 Å². The molecule has 0 fully saturated rings. The highest BCUT2D eigenvalue weighted by Crippen LogP contribution is 2.34. The number of hydrogen-bond donors (Lipinski definition) is 2. The first-order valence-electron chi connectivity index (χ1n) is 6.53. The van der Waals surface area contributed by atoms with Crippen LogP contribution in [-0.2, 0) is 6.42 Å². The Bertz CT molecular complexity index is 596. The number of para-hydroxylation sites is 1. The van der Waals surface area contributed by atoms with E-state index >= 15 is 0 Å². The van der Waals surface area contributed by atoms with Crippen LogP contribution in [0, 0.1) is 0 Å². The minimum atomic E-state index is 0. The highest BCUT2D eigenvalue weighted by atomic mass is 127. The molecule has 2 aromatic rings.